The van der Waals surface area contributed by atoms with Crippen LogP contribution < -0.4 is 15.1 Å². The standard InChI is InChI=1S/C26H25F3N8O2/c1-26(39)4-5-36(13-26)22-11-30-20(10-31-22)25(38)33-16-8-18-23(32-9-16)34-35-24(18)37-12-15(28)7-21(37)17-6-14(27)2-3-19(17)29/h2-3,6,8-11,15,21,39H,4-5,7,12-13H2,1H3,(H,33,38)(H,32,34,35)/t15-,21+,26?/m0/s1. The van der Waals surface area contributed by atoms with Crippen LogP contribution in [0.2, 0.25) is 0 Å². The number of rotatable bonds is 5. The van der Waals surface area contributed by atoms with Crippen LogP contribution in [0.15, 0.2) is 42.9 Å². The van der Waals surface area contributed by atoms with Crippen molar-refractivity contribution >= 4 is 34.3 Å². The quantitative estimate of drug-likeness (QED) is 0.353. The largest absolute Gasteiger partial charge is 0.388 e. The zero-order chi connectivity index (χ0) is 27.3. The number of pyridine rings is 1. The summed E-state index contributed by atoms with van der Waals surface area (Å²) in [6.07, 6.45) is 3.59. The Labute approximate surface area is 220 Å². The number of nitrogens with one attached hydrogen (secondary N) is 2. The number of alkyl halides is 1. The number of carbonyl (C=O) groups is 1. The number of anilines is 3. The molecule has 6 rings (SSSR count). The van der Waals surface area contributed by atoms with E-state index in [0.717, 1.165) is 18.2 Å². The number of aliphatic hydroxyl groups is 1. The van der Waals surface area contributed by atoms with Gasteiger partial charge < -0.3 is 20.2 Å². The molecule has 2 aliphatic heterocycles. The maximum absolute atomic E-state index is 14.6. The van der Waals surface area contributed by atoms with Gasteiger partial charge in [0.15, 0.2) is 11.5 Å². The predicted molar refractivity (Wildman–Crippen MR) is 137 cm³/mol. The van der Waals surface area contributed by atoms with Gasteiger partial charge >= 0.3 is 0 Å². The number of aromatic amines is 1. The maximum atomic E-state index is 14.6. The highest BCUT2D eigenvalue weighted by atomic mass is 19.1. The predicted octanol–water partition coefficient (Wildman–Crippen LogP) is 3.53. The highest BCUT2D eigenvalue weighted by Gasteiger charge is 2.37. The zero-order valence-corrected chi connectivity index (χ0v) is 20.9. The number of hydrogen-bond acceptors (Lipinski definition) is 8. The second-order valence-corrected chi connectivity index (χ2v) is 10.2. The number of nitrogens with zero attached hydrogens (tertiary/aromatic N) is 6. The first kappa shape index (κ1) is 25.0. The summed E-state index contributed by atoms with van der Waals surface area (Å²) >= 11 is 0. The summed E-state index contributed by atoms with van der Waals surface area (Å²) in [5, 5.41) is 20.4. The highest BCUT2D eigenvalue weighted by Crippen LogP contribution is 2.40. The Morgan fingerprint density at radius 2 is 2.03 bits per heavy atom. The van der Waals surface area contributed by atoms with Crippen LogP contribution in [0.25, 0.3) is 11.0 Å². The SMILES string of the molecule is CC1(O)CCN(c2cnc(C(=O)Nc3cnc4[nH]nc(N5C[C@@H](F)C[C@@H]5c5cc(F)ccc5F)c4c3)cn2)C1. The van der Waals surface area contributed by atoms with E-state index >= 15 is 0 Å². The summed E-state index contributed by atoms with van der Waals surface area (Å²) in [5.74, 6) is -0.882. The smallest absolute Gasteiger partial charge is 0.275 e. The average Bonchev–Trinajstić information content (AvgIpc) is 3.61. The molecule has 3 aromatic heterocycles. The molecule has 0 aliphatic carbocycles. The number of fused-ring (bicyclic) bond motifs is 1. The lowest BCUT2D eigenvalue weighted by Crippen LogP contribution is -2.30. The summed E-state index contributed by atoms with van der Waals surface area (Å²) in [6.45, 7) is 2.77. The lowest BCUT2D eigenvalue weighted by molar-refractivity contribution is 0.0838. The molecule has 1 unspecified atom stereocenters. The van der Waals surface area contributed by atoms with E-state index in [1.54, 1.807) is 17.9 Å². The van der Waals surface area contributed by atoms with Crippen LogP contribution in [0, 0.1) is 11.6 Å². The molecule has 4 aromatic rings. The van der Waals surface area contributed by atoms with Crippen molar-refractivity contribution in [3.8, 4) is 0 Å². The van der Waals surface area contributed by atoms with Crippen LogP contribution in [0.1, 0.15) is 41.9 Å². The summed E-state index contributed by atoms with van der Waals surface area (Å²) in [7, 11) is 0. The molecule has 0 saturated carbocycles. The summed E-state index contributed by atoms with van der Waals surface area (Å²) < 4.78 is 43.0. The molecule has 2 saturated heterocycles. The Bertz CT molecular complexity index is 1540. The maximum Gasteiger partial charge on any atom is 0.275 e. The van der Waals surface area contributed by atoms with Crippen LogP contribution in [0.5, 0.6) is 0 Å². The van der Waals surface area contributed by atoms with Crippen LogP contribution in [0.4, 0.5) is 30.5 Å². The third-order valence-corrected chi connectivity index (χ3v) is 7.14. The van der Waals surface area contributed by atoms with Crippen molar-refractivity contribution in [2.75, 3.05) is 34.8 Å². The molecule has 0 bridgehead atoms. The molecular weight excluding hydrogens is 513 g/mol. The number of H-pyrrole nitrogens is 1. The number of hydrogen-bond donors (Lipinski definition) is 3. The van der Waals surface area contributed by atoms with Gasteiger partial charge in [-0.25, -0.2) is 28.1 Å². The summed E-state index contributed by atoms with van der Waals surface area (Å²) in [4.78, 5) is 29.2. The molecule has 2 fully saturated rings. The molecule has 10 nitrogen and oxygen atoms in total. The Kier molecular flexibility index (Phi) is 6.09. The fourth-order valence-corrected chi connectivity index (χ4v) is 5.20. The molecule has 202 valence electrons. The molecular formula is C26H25F3N8O2. The lowest BCUT2D eigenvalue weighted by Gasteiger charge is -2.25. The topological polar surface area (TPSA) is 123 Å². The van der Waals surface area contributed by atoms with Crippen molar-refractivity contribution in [3.05, 3.63) is 65.7 Å². The number of aromatic nitrogens is 5. The molecule has 39 heavy (non-hydrogen) atoms. The van der Waals surface area contributed by atoms with E-state index in [9.17, 15) is 23.1 Å². The van der Waals surface area contributed by atoms with Crippen LogP contribution in [-0.2, 0) is 0 Å². The van der Waals surface area contributed by atoms with Gasteiger partial charge in [0.2, 0.25) is 0 Å². The second kappa shape index (κ2) is 9.49. The van der Waals surface area contributed by atoms with Crippen molar-refractivity contribution in [3.63, 3.8) is 0 Å². The lowest BCUT2D eigenvalue weighted by atomic mass is 10.0. The van der Waals surface area contributed by atoms with Gasteiger partial charge in [-0.3, -0.25) is 9.89 Å². The Morgan fingerprint density at radius 1 is 1.18 bits per heavy atom. The minimum absolute atomic E-state index is 0.0256. The fourth-order valence-electron chi connectivity index (χ4n) is 5.20. The molecule has 5 heterocycles. The van der Waals surface area contributed by atoms with Gasteiger partial charge in [0.1, 0.15) is 29.3 Å². The molecule has 1 amide bonds. The Hall–Kier alpha value is -4.26. The molecule has 0 radical (unpaired) electrons. The van der Waals surface area contributed by atoms with Gasteiger partial charge in [-0.15, -0.1) is 0 Å². The number of halogens is 3. The van der Waals surface area contributed by atoms with E-state index < -0.39 is 35.4 Å². The van der Waals surface area contributed by atoms with E-state index in [-0.39, 0.29) is 24.2 Å². The van der Waals surface area contributed by atoms with Gasteiger partial charge in [-0.2, -0.15) is 5.10 Å². The van der Waals surface area contributed by atoms with Crippen molar-refractivity contribution in [2.24, 2.45) is 0 Å². The third kappa shape index (κ3) is 4.85. The van der Waals surface area contributed by atoms with Crippen molar-refractivity contribution in [2.45, 2.75) is 37.6 Å². The zero-order valence-electron chi connectivity index (χ0n) is 20.9. The van der Waals surface area contributed by atoms with Gasteiger partial charge in [-0.1, -0.05) is 0 Å². The minimum atomic E-state index is -1.27. The van der Waals surface area contributed by atoms with Gasteiger partial charge in [-0.05, 0) is 37.6 Å². The fraction of sp³-hybridized carbons (Fsp3) is 0.346. The monoisotopic (exact) mass is 538 g/mol. The molecule has 3 N–H and O–H groups in total. The first-order chi connectivity index (χ1) is 18.7. The van der Waals surface area contributed by atoms with Crippen LogP contribution in [-0.4, -0.2) is 67.6 Å². The third-order valence-electron chi connectivity index (χ3n) is 7.14. The minimum Gasteiger partial charge on any atom is -0.388 e. The molecule has 0 spiro atoms. The Balaban J connectivity index is 1.23. The van der Waals surface area contributed by atoms with Gasteiger partial charge in [0.05, 0.1) is 47.9 Å². The Morgan fingerprint density at radius 3 is 2.77 bits per heavy atom. The summed E-state index contributed by atoms with van der Waals surface area (Å²) in [6, 6.07) is 3.97. The van der Waals surface area contributed by atoms with Crippen LogP contribution >= 0.6 is 0 Å². The van der Waals surface area contributed by atoms with Crippen LogP contribution in [0.3, 0.4) is 0 Å². The number of benzene rings is 1. The van der Waals surface area contributed by atoms with Crippen molar-refractivity contribution in [1.82, 2.24) is 25.1 Å². The molecule has 1 aromatic carbocycles. The first-order valence-electron chi connectivity index (χ1n) is 12.5. The van der Waals surface area contributed by atoms with E-state index in [1.807, 2.05) is 4.90 Å². The van der Waals surface area contributed by atoms with E-state index in [0.29, 0.717) is 47.9 Å². The number of amides is 1. The van der Waals surface area contributed by atoms with E-state index in [1.165, 1.54) is 18.6 Å². The van der Waals surface area contributed by atoms with E-state index in [4.69, 9.17) is 0 Å². The second-order valence-electron chi connectivity index (χ2n) is 10.2. The van der Waals surface area contributed by atoms with Crippen molar-refractivity contribution in [1.29, 1.82) is 0 Å². The van der Waals surface area contributed by atoms with Gasteiger partial charge in [0, 0.05) is 25.1 Å². The van der Waals surface area contributed by atoms with E-state index in [2.05, 4.69) is 30.5 Å². The first-order valence-corrected chi connectivity index (χ1v) is 12.5. The van der Waals surface area contributed by atoms with Gasteiger partial charge in [0.25, 0.3) is 5.91 Å². The molecule has 13 heteroatoms. The molecule has 2 aliphatic rings. The molecule has 3 atom stereocenters. The number of carbonyl (C=O) groups excluding carboxylic acids is 1. The normalized spacial score (nSPS) is 23.1. The summed E-state index contributed by atoms with van der Waals surface area (Å²) in [5.41, 5.74) is 0.0542. The average molecular weight is 539 g/mol. The van der Waals surface area contributed by atoms with Crippen molar-refractivity contribution < 1.29 is 23.1 Å². The number of β-amino-alcohol motifs (C(OH)–C–C–N with tert-alkyl or cyclic N) is 1. The highest BCUT2D eigenvalue weighted by molar-refractivity contribution is 6.04.